The van der Waals surface area contributed by atoms with Gasteiger partial charge in [0.15, 0.2) is 12.3 Å². The summed E-state index contributed by atoms with van der Waals surface area (Å²) < 4.78 is 7.95. The summed E-state index contributed by atoms with van der Waals surface area (Å²) in [5.74, 6) is -0.584. The molecule has 1 amide bonds. The number of aromatic nitrogens is 6. The number of rotatable bonds is 7. The van der Waals surface area contributed by atoms with Crippen LogP contribution in [0.4, 0.5) is 5.82 Å². The van der Waals surface area contributed by atoms with Crippen LogP contribution in [-0.2, 0) is 16.1 Å². The molecule has 4 rings (SSSR count). The first-order valence-electron chi connectivity index (χ1n) is 11.5. The van der Waals surface area contributed by atoms with Crippen LogP contribution in [0.15, 0.2) is 41.2 Å². The van der Waals surface area contributed by atoms with Gasteiger partial charge >= 0.3 is 5.97 Å². The van der Waals surface area contributed by atoms with Crippen LogP contribution in [0.1, 0.15) is 41.4 Å². The Kier molecular flexibility index (Phi) is 6.91. The number of amides is 1. The maximum Gasteiger partial charge on any atom is 0.359 e. The second-order valence-corrected chi connectivity index (χ2v) is 8.93. The highest BCUT2D eigenvalue weighted by atomic mass is 16.5. The van der Waals surface area contributed by atoms with Gasteiger partial charge < -0.3 is 10.1 Å². The molecule has 0 aliphatic carbocycles. The van der Waals surface area contributed by atoms with Crippen molar-refractivity contribution < 1.29 is 14.3 Å². The molecule has 1 aromatic carbocycles. The number of hydrogen-bond acceptors (Lipinski definition) is 8. The zero-order valence-electron chi connectivity index (χ0n) is 20.8. The van der Waals surface area contributed by atoms with Crippen molar-refractivity contribution in [2.45, 2.75) is 41.2 Å². The van der Waals surface area contributed by atoms with Crippen LogP contribution < -0.4 is 10.9 Å². The molecule has 0 bridgehead atoms. The van der Waals surface area contributed by atoms with Crippen LogP contribution in [0, 0.1) is 26.7 Å². The van der Waals surface area contributed by atoms with E-state index in [2.05, 4.69) is 25.5 Å². The van der Waals surface area contributed by atoms with Gasteiger partial charge in [-0.1, -0.05) is 32.0 Å². The monoisotopic (exact) mass is 489 g/mol. The Bertz CT molecular complexity index is 1500. The van der Waals surface area contributed by atoms with E-state index in [1.54, 1.807) is 37.3 Å². The molecule has 3 aromatic heterocycles. The predicted molar refractivity (Wildman–Crippen MR) is 133 cm³/mol. The van der Waals surface area contributed by atoms with Gasteiger partial charge in [-0.2, -0.15) is 14.9 Å². The van der Waals surface area contributed by atoms with Crippen molar-refractivity contribution in [3.05, 3.63) is 69.5 Å². The fourth-order valence-electron chi connectivity index (χ4n) is 3.78. The minimum Gasteiger partial charge on any atom is -0.451 e. The number of nitrogens with one attached hydrogen (secondary N) is 1. The normalized spacial score (nSPS) is 11.2. The molecule has 0 aliphatic heterocycles. The zero-order chi connectivity index (χ0) is 26.0. The van der Waals surface area contributed by atoms with Crippen molar-refractivity contribution >= 4 is 28.5 Å². The molecule has 0 saturated carbocycles. The number of hydrogen-bond donors (Lipinski definition) is 1. The topological polar surface area (TPSA) is 134 Å². The van der Waals surface area contributed by atoms with Crippen LogP contribution in [0.25, 0.3) is 16.7 Å². The largest absolute Gasteiger partial charge is 0.451 e. The van der Waals surface area contributed by atoms with Crippen molar-refractivity contribution in [3.63, 3.8) is 0 Å². The third kappa shape index (κ3) is 5.29. The Balaban J connectivity index is 1.53. The van der Waals surface area contributed by atoms with Crippen LogP contribution in [0.2, 0.25) is 0 Å². The molecular weight excluding hydrogens is 462 g/mol. The van der Waals surface area contributed by atoms with E-state index in [-0.39, 0.29) is 17.2 Å². The van der Waals surface area contributed by atoms with Gasteiger partial charge in [-0.25, -0.2) is 19.4 Å². The quantitative estimate of drug-likeness (QED) is 0.392. The van der Waals surface area contributed by atoms with Crippen molar-refractivity contribution in [1.29, 1.82) is 0 Å². The second-order valence-electron chi connectivity index (χ2n) is 8.93. The molecular formula is C25H27N7O4. The average molecular weight is 490 g/mol. The summed E-state index contributed by atoms with van der Waals surface area (Å²) in [4.78, 5) is 47.1. The summed E-state index contributed by atoms with van der Waals surface area (Å²) in [6.45, 7) is 9.13. The van der Waals surface area contributed by atoms with Crippen LogP contribution >= 0.6 is 0 Å². The summed E-state index contributed by atoms with van der Waals surface area (Å²) in [6, 6.07) is 10.2. The molecule has 11 nitrogen and oxygen atoms in total. The van der Waals surface area contributed by atoms with E-state index in [9.17, 15) is 14.4 Å². The summed E-state index contributed by atoms with van der Waals surface area (Å²) in [7, 11) is 0. The first kappa shape index (κ1) is 24.7. The highest BCUT2D eigenvalue weighted by Crippen LogP contribution is 2.17. The first-order valence-corrected chi connectivity index (χ1v) is 11.5. The van der Waals surface area contributed by atoms with E-state index in [0.29, 0.717) is 34.8 Å². The molecule has 0 spiro atoms. The van der Waals surface area contributed by atoms with E-state index in [1.165, 1.54) is 9.36 Å². The van der Waals surface area contributed by atoms with Crippen LogP contribution in [0.3, 0.4) is 0 Å². The van der Waals surface area contributed by atoms with Gasteiger partial charge in [-0.3, -0.25) is 9.59 Å². The van der Waals surface area contributed by atoms with Crippen molar-refractivity contribution in [3.8, 4) is 5.95 Å². The third-order valence-corrected chi connectivity index (χ3v) is 5.19. The molecule has 3 heterocycles. The smallest absolute Gasteiger partial charge is 0.359 e. The molecule has 36 heavy (non-hydrogen) atoms. The van der Waals surface area contributed by atoms with Crippen molar-refractivity contribution in [2.75, 3.05) is 11.9 Å². The number of fused-ring (bicyclic) bond motifs is 1. The first-order chi connectivity index (χ1) is 17.1. The Hall–Kier alpha value is -4.41. The second kappa shape index (κ2) is 10.1. The number of benzene rings is 1. The number of carbonyl (C=O) groups is 2. The van der Waals surface area contributed by atoms with Gasteiger partial charge in [0.25, 0.3) is 17.4 Å². The minimum atomic E-state index is -0.804. The number of anilines is 1. The minimum absolute atomic E-state index is 0.0248. The third-order valence-electron chi connectivity index (χ3n) is 5.19. The molecule has 0 aliphatic rings. The standard InChI is InChI=1S/C25H27N7O4/c1-14(2)12-31-23(34)19-9-7-6-8-18(19)22(30-31)24(35)36-13-21(33)28-20-11-17(5)29-32(20)25-26-15(3)10-16(4)27-25/h6-11,14H,12-13H2,1-5H3,(H,28,33). The van der Waals surface area contributed by atoms with Crippen LogP contribution in [0.5, 0.6) is 0 Å². The molecule has 11 heteroatoms. The Morgan fingerprint density at radius 2 is 1.64 bits per heavy atom. The maximum absolute atomic E-state index is 12.9. The van der Waals surface area contributed by atoms with Crippen molar-refractivity contribution in [1.82, 2.24) is 29.5 Å². The lowest BCUT2D eigenvalue weighted by Gasteiger charge is -2.12. The highest BCUT2D eigenvalue weighted by Gasteiger charge is 2.20. The molecule has 0 unspecified atom stereocenters. The van der Waals surface area contributed by atoms with Gasteiger partial charge in [-0.05, 0) is 38.8 Å². The number of ether oxygens (including phenoxy) is 1. The fourth-order valence-corrected chi connectivity index (χ4v) is 3.78. The van der Waals surface area contributed by atoms with Gasteiger partial charge in [0.05, 0.1) is 11.1 Å². The summed E-state index contributed by atoms with van der Waals surface area (Å²) >= 11 is 0. The predicted octanol–water partition coefficient (Wildman–Crippen LogP) is 2.75. The molecule has 1 N–H and O–H groups in total. The molecule has 186 valence electrons. The van der Waals surface area contributed by atoms with E-state index in [4.69, 9.17) is 4.74 Å². The maximum atomic E-state index is 12.9. The van der Waals surface area contributed by atoms with Crippen LogP contribution in [-0.4, -0.2) is 48.0 Å². The summed E-state index contributed by atoms with van der Waals surface area (Å²) in [5.41, 5.74) is 1.85. The molecule has 0 saturated heterocycles. The van der Waals surface area contributed by atoms with E-state index in [1.807, 2.05) is 33.8 Å². The molecule has 4 aromatic rings. The number of nitrogens with zero attached hydrogens (tertiary/aromatic N) is 6. The lowest BCUT2D eigenvalue weighted by atomic mass is 10.1. The molecule has 0 atom stereocenters. The average Bonchev–Trinajstić information content (AvgIpc) is 3.18. The summed E-state index contributed by atoms with van der Waals surface area (Å²) in [6.07, 6.45) is 0. The number of aryl methyl sites for hydroxylation is 3. The highest BCUT2D eigenvalue weighted by molar-refractivity contribution is 6.03. The SMILES string of the molecule is Cc1cc(C)nc(-n2nc(C)cc2NC(=O)COC(=O)c2nn(CC(C)C)c(=O)c3ccccc23)n1. The molecule has 0 fully saturated rings. The number of esters is 1. The zero-order valence-corrected chi connectivity index (χ0v) is 20.8. The fraction of sp³-hybridized carbons (Fsp3) is 0.320. The Labute approximate surface area is 207 Å². The Morgan fingerprint density at radius 3 is 2.31 bits per heavy atom. The summed E-state index contributed by atoms with van der Waals surface area (Å²) in [5, 5.41) is 12.0. The van der Waals surface area contributed by atoms with E-state index >= 15 is 0 Å². The van der Waals surface area contributed by atoms with Gasteiger partial charge in [-0.15, -0.1) is 0 Å². The van der Waals surface area contributed by atoms with Gasteiger partial charge in [0, 0.05) is 29.4 Å². The number of carbonyl (C=O) groups excluding carboxylic acids is 2. The van der Waals surface area contributed by atoms with Gasteiger partial charge in [0.1, 0.15) is 5.82 Å². The Morgan fingerprint density at radius 1 is 0.972 bits per heavy atom. The van der Waals surface area contributed by atoms with E-state index in [0.717, 1.165) is 11.4 Å². The lowest BCUT2D eigenvalue weighted by Crippen LogP contribution is -2.29. The van der Waals surface area contributed by atoms with Crippen molar-refractivity contribution in [2.24, 2.45) is 5.92 Å². The molecule has 0 radical (unpaired) electrons. The van der Waals surface area contributed by atoms with Gasteiger partial charge in [0.2, 0.25) is 0 Å². The lowest BCUT2D eigenvalue weighted by molar-refractivity contribution is -0.119. The van der Waals surface area contributed by atoms with E-state index < -0.39 is 18.5 Å².